The van der Waals surface area contributed by atoms with E-state index in [1.54, 1.807) is 12.3 Å². The number of nitrogens with one attached hydrogen (secondary N) is 3. The van der Waals surface area contributed by atoms with E-state index < -0.39 is 22.2 Å². The van der Waals surface area contributed by atoms with Gasteiger partial charge in [0.25, 0.3) is 6.43 Å². The predicted molar refractivity (Wildman–Crippen MR) is 119 cm³/mol. The third kappa shape index (κ3) is 6.57. The second kappa shape index (κ2) is 10.2. The van der Waals surface area contributed by atoms with Crippen LogP contribution in [0.15, 0.2) is 24.4 Å². The molecule has 3 rings (SSSR count). The molecular weight excluding hydrogens is 442 g/mol. The zero-order valence-electron chi connectivity index (χ0n) is 17.8. The molecule has 1 fully saturated rings. The number of hydrogen-bond donors (Lipinski definition) is 3. The highest BCUT2D eigenvalue weighted by Crippen LogP contribution is 2.29. The van der Waals surface area contributed by atoms with E-state index in [1.165, 1.54) is 13.2 Å². The van der Waals surface area contributed by atoms with E-state index in [2.05, 4.69) is 24.6 Å². The van der Waals surface area contributed by atoms with Crippen molar-refractivity contribution in [1.29, 1.82) is 5.41 Å². The van der Waals surface area contributed by atoms with Crippen molar-refractivity contribution in [3.63, 3.8) is 0 Å². The summed E-state index contributed by atoms with van der Waals surface area (Å²) >= 11 is 0. The third-order valence-corrected chi connectivity index (χ3v) is 5.73. The van der Waals surface area contributed by atoms with Crippen molar-refractivity contribution in [3.05, 3.63) is 30.2 Å². The van der Waals surface area contributed by atoms with Gasteiger partial charge in [0.2, 0.25) is 15.9 Å². The molecule has 32 heavy (non-hydrogen) atoms. The molecule has 0 bridgehead atoms. The number of sulfonamides is 1. The maximum absolute atomic E-state index is 12.5. The lowest BCUT2D eigenvalue weighted by Crippen LogP contribution is -2.41. The minimum absolute atomic E-state index is 0.156. The number of allylic oxidation sites excluding steroid dienone is 1. The average Bonchev–Trinajstić information content (AvgIpc) is 3.24. The molecule has 0 aromatic carbocycles. The summed E-state index contributed by atoms with van der Waals surface area (Å²) in [6, 6.07) is 3.61. The normalized spacial score (nSPS) is 17.3. The summed E-state index contributed by atoms with van der Waals surface area (Å²) in [6.07, 6.45) is 4.02. The Balaban J connectivity index is 1.79. The number of hydrogen-bond acceptors (Lipinski definition) is 7. The first kappa shape index (κ1) is 23.8. The van der Waals surface area contributed by atoms with Gasteiger partial charge in [0, 0.05) is 31.3 Å². The predicted octanol–water partition coefficient (Wildman–Crippen LogP) is 2.54. The lowest BCUT2D eigenvalue weighted by molar-refractivity contribution is 0.226. The largest absolute Gasteiger partial charge is 0.481 e. The van der Waals surface area contributed by atoms with Crippen LogP contribution in [0.1, 0.15) is 18.7 Å². The summed E-state index contributed by atoms with van der Waals surface area (Å²) in [6.45, 7) is 1.80. The Labute approximate surface area is 185 Å². The minimum Gasteiger partial charge on any atom is -0.481 e. The number of piperidine rings is 1. The van der Waals surface area contributed by atoms with Gasteiger partial charge >= 0.3 is 0 Å². The van der Waals surface area contributed by atoms with E-state index in [0.717, 1.165) is 37.3 Å². The number of pyridine rings is 1. The Hall–Kier alpha value is -2.86. The van der Waals surface area contributed by atoms with Gasteiger partial charge < -0.3 is 14.6 Å². The second-order valence-electron chi connectivity index (χ2n) is 7.60. The van der Waals surface area contributed by atoms with Crippen molar-refractivity contribution < 1.29 is 21.9 Å². The van der Waals surface area contributed by atoms with Crippen molar-refractivity contribution in [2.45, 2.75) is 19.3 Å². The van der Waals surface area contributed by atoms with Gasteiger partial charge in [-0.1, -0.05) is 0 Å². The molecule has 0 aliphatic carbocycles. The molecule has 0 radical (unpaired) electrons. The molecule has 12 heteroatoms. The van der Waals surface area contributed by atoms with Crippen LogP contribution >= 0.6 is 0 Å². The molecule has 3 heterocycles. The molecule has 0 spiro atoms. The van der Waals surface area contributed by atoms with Crippen LogP contribution in [0.4, 0.5) is 14.6 Å². The summed E-state index contributed by atoms with van der Waals surface area (Å²) < 4.78 is 55.7. The van der Waals surface area contributed by atoms with Gasteiger partial charge in [-0.2, -0.15) is 4.98 Å². The molecule has 0 amide bonds. The molecule has 9 nitrogen and oxygen atoms in total. The Morgan fingerprint density at radius 2 is 2.25 bits per heavy atom. The maximum Gasteiger partial charge on any atom is 0.279 e. The van der Waals surface area contributed by atoms with Gasteiger partial charge in [-0.15, -0.1) is 0 Å². The van der Waals surface area contributed by atoms with Crippen molar-refractivity contribution in [1.82, 2.24) is 19.7 Å². The van der Waals surface area contributed by atoms with Crippen LogP contribution in [0.25, 0.3) is 17.3 Å². The topological polar surface area (TPSA) is 124 Å². The highest BCUT2D eigenvalue weighted by Gasteiger charge is 2.23. The average molecular weight is 469 g/mol. The fourth-order valence-corrected chi connectivity index (χ4v) is 3.97. The molecule has 0 saturated carbocycles. The highest BCUT2D eigenvalue weighted by atomic mass is 32.2. The quantitative estimate of drug-likeness (QED) is 0.486. The van der Waals surface area contributed by atoms with Crippen LogP contribution in [0.3, 0.4) is 0 Å². The summed E-state index contributed by atoms with van der Waals surface area (Å²) in [5, 5.41) is 7.19. The monoisotopic (exact) mass is 468 g/mol. The van der Waals surface area contributed by atoms with Crippen LogP contribution in [0.2, 0.25) is 0 Å². The van der Waals surface area contributed by atoms with Gasteiger partial charge in [0.15, 0.2) is 0 Å². The summed E-state index contributed by atoms with van der Waals surface area (Å²) in [4.78, 5) is 13.8. The number of methoxy groups -OCH3 is 1. The van der Waals surface area contributed by atoms with Gasteiger partial charge in [-0.3, -0.25) is 5.41 Å². The number of H-pyrrole nitrogens is 1. The minimum atomic E-state index is -3.25. The molecule has 3 N–H and O–H groups in total. The molecule has 174 valence electrons. The van der Waals surface area contributed by atoms with E-state index in [-0.39, 0.29) is 5.92 Å². The Morgan fingerprint density at radius 1 is 1.47 bits per heavy atom. The Bertz CT molecular complexity index is 1090. The summed E-state index contributed by atoms with van der Waals surface area (Å²) in [7, 11) is -1.73. The Morgan fingerprint density at radius 3 is 2.94 bits per heavy atom. The maximum atomic E-state index is 12.5. The van der Waals surface area contributed by atoms with Crippen LogP contribution in [-0.2, 0) is 10.0 Å². The molecule has 1 saturated heterocycles. The van der Waals surface area contributed by atoms with E-state index in [4.69, 9.17) is 10.1 Å². The number of rotatable bonds is 9. The SMILES string of the molecule is COc1cc(-c2cnc(/C=C\C(=N)C(F)F)[nH]2)cc(N2CCCC(CNS(C)(=O)=O)C2)n1. The molecule has 2 aromatic rings. The second-order valence-corrected chi connectivity index (χ2v) is 9.44. The first-order valence-corrected chi connectivity index (χ1v) is 11.9. The van der Waals surface area contributed by atoms with Crippen molar-refractivity contribution in [2.24, 2.45) is 5.92 Å². The van der Waals surface area contributed by atoms with Gasteiger partial charge in [-0.05, 0) is 37.0 Å². The van der Waals surface area contributed by atoms with E-state index >= 15 is 0 Å². The molecule has 1 aliphatic rings. The number of nitrogens with zero attached hydrogens (tertiary/aromatic N) is 3. The number of aromatic nitrogens is 3. The number of anilines is 1. The first-order chi connectivity index (χ1) is 15.1. The van der Waals surface area contributed by atoms with Crippen molar-refractivity contribution in [3.8, 4) is 17.1 Å². The van der Waals surface area contributed by atoms with Crippen molar-refractivity contribution >= 4 is 27.6 Å². The number of imidazole rings is 1. The van der Waals surface area contributed by atoms with E-state index in [9.17, 15) is 17.2 Å². The standard InChI is InChI=1S/C20H26F2N6O3S/c1-31-19-9-14(16-11-24-17(26-16)6-5-15(23)20(21)22)8-18(27-19)28-7-3-4-13(12-28)10-25-32(2,29)30/h5-6,8-9,11,13,20,23,25H,3-4,7,10,12H2,1-2H3,(H,24,26)/b6-5-,23-15?. The number of aromatic amines is 1. The number of alkyl halides is 2. The summed E-state index contributed by atoms with van der Waals surface area (Å²) in [5.74, 6) is 1.59. The van der Waals surface area contributed by atoms with E-state index in [0.29, 0.717) is 36.3 Å². The number of ether oxygens (including phenoxy) is 1. The van der Waals surface area contributed by atoms with Crippen molar-refractivity contribution in [2.75, 3.05) is 37.9 Å². The molecular formula is C20H26F2N6O3S. The molecule has 1 aliphatic heterocycles. The fraction of sp³-hybridized carbons (Fsp3) is 0.450. The van der Waals surface area contributed by atoms with Crippen LogP contribution in [-0.4, -0.2) is 68.5 Å². The smallest absolute Gasteiger partial charge is 0.279 e. The molecule has 1 unspecified atom stereocenters. The number of halogens is 2. The van der Waals surface area contributed by atoms with Gasteiger partial charge in [-0.25, -0.2) is 26.9 Å². The highest BCUT2D eigenvalue weighted by molar-refractivity contribution is 7.88. The van der Waals surface area contributed by atoms with Gasteiger partial charge in [0.1, 0.15) is 11.6 Å². The molecule has 2 aromatic heterocycles. The zero-order valence-corrected chi connectivity index (χ0v) is 18.6. The summed E-state index contributed by atoms with van der Waals surface area (Å²) in [5.41, 5.74) is 0.600. The van der Waals surface area contributed by atoms with Crippen LogP contribution in [0.5, 0.6) is 5.88 Å². The molecule has 1 atom stereocenters. The third-order valence-electron chi connectivity index (χ3n) is 5.04. The fourth-order valence-electron chi connectivity index (χ4n) is 3.43. The lowest BCUT2D eigenvalue weighted by Gasteiger charge is -2.33. The Kier molecular flexibility index (Phi) is 7.56. The van der Waals surface area contributed by atoms with E-state index in [1.807, 2.05) is 6.07 Å². The van der Waals surface area contributed by atoms with Crippen LogP contribution in [0, 0.1) is 11.3 Å². The van der Waals surface area contributed by atoms with Crippen LogP contribution < -0.4 is 14.4 Å². The van der Waals surface area contributed by atoms with Gasteiger partial charge in [0.05, 0.1) is 31.0 Å². The lowest BCUT2D eigenvalue weighted by atomic mass is 9.98. The first-order valence-electron chi connectivity index (χ1n) is 10.0. The zero-order chi connectivity index (χ0) is 23.3.